The van der Waals surface area contributed by atoms with E-state index in [1.54, 1.807) is 0 Å². The van der Waals surface area contributed by atoms with E-state index in [0.717, 1.165) is 6.08 Å². The fourth-order valence-electron chi connectivity index (χ4n) is 0.832. The van der Waals surface area contributed by atoms with Crippen LogP contribution >= 0.6 is 15.9 Å². The monoisotopic (exact) mass is 226 g/mol. The maximum atomic E-state index is 12.0. The third kappa shape index (κ3) is 2.36. The fraction of sp³-hybridized carbons (Fsp3) is 0.429. The maximum Gasteiger partial charge on any atom is 0.416 e. The molecule has 0 spiro atoms. The molecule has 0 fully saturated rings. The molecule has 0 N–H and O–H groups in total. The molecule has 0 amide bonds. The van der Waals surface area contributed by atoms with E-state index in [1.165, 1.54) is 12.2 Å². The molecule has 11 heavy (non-hydrogen) atoms. The summed E-state index contributed by atoms with van der Waals surface area (Å²) in [6.07, 6.45) is 0.225. The molecule has 0 aromatic heterocycles. The number of alkyl halides is 4. The van der Waals surface area contributed by atoms with Gasteiger partial charge in [-0.05, 0) is 6.42 Å². The standard InChI is InChI=1S/C7H6BrF3/c8-6-3-1-2-5(4-6)7(9,10)11/h1-2,4,6H,3H2. The predicted octanol–water partition coefficient (Wildman–Crippen LogP) is 3.20. The lowest BCUT2D eigenvalue weighted by Crippen LogP contribution is -2.13. The summed E-state index contributed by atoms with van der Waals surface area (Å²) in [5.74, 6) is 0. The van der Waals surface area contributed by atoms with Crippen molar-refractivity contribution in [2.24, 2.45) is 0 Å². The van der Waals surface area contributed by atoms with E-state index in [1.807, 2.05) is 0 Å². The van der Waals surface area contributed by atoms with Crippen LogP contribution in [0.5, 0.6) is 0 Å². The van der Waals surface area contributed by atoms with Gasteiger partial charge in [-0.25, -0.2) is 0 Å². The van der Waals surface area contributed by atoms with Crippen LogP contribution in [0.3, 0.4) is 0 Å². The molecular formula is C7H6BrF3. The van der Waals surface area contributed by atoms with Crippen molar-refractivity contribution in [2.75, 3.05) is 0 Å². The van der Waals surface area contributed by atoms with E-state index < -0.39 is 11.7 Å². The Kier molecular flexibility index (Phi) is 2.42. The first-order chi connectivity index (χ1) is 5.00. The van der Waals surface area contributed by atoms with E-state index >= 15 is 0 Å². The Morgan fingerprint density at radius 2 is 2.09 bits per heavy atom. The molecule has 0 aromatic carbocycles. The largest absolute Gasteiger partial charge is 0.416 e. The van der Waals surface area contributed by atoms with Crippen LogP contribution in [0, 0.1) is 0 Å². The number of hydrogen-bond acceptors (Lipinski definition) is 0. The highest BCUT2D eigenvalue weighted by Gasteiger charge is 2.32. The van der Waals surface area contributed by atoms with Crippen molar-refractivity contribution >= 4 is 15.9 Å². The molecule has 1 aliphatic carbocycles. The van der Waals surface area contributed by atoms with Gasteiger partial charge in [0.05, 0.1) is 5.57 Å². The Morgan fingerprint density at radius 3 is 2.45 bits per heavy atom. The highest BCUT2D eigenvalue weighted by molar-refractivity contribution is 9.09. The van der Waals surface area contributed by atoms with Crippen molar-refractivity contribution in [3.8, 4) is 0 Å². The fourth-order valence-corrected chi connectivity index (χ4v) is 1.33. The second-order valence-corrected chi connectivity index (χ2v) is 3.45. The van der Waals surface area contributed by atoms with Crippen LogP contribution in [-0.2, 0) is 0 Å². The van der Waals surface area contributed by atoms with Crippen molar-refractivity contribution in [2.45, 2.75) is 17.4 Å². The van der Waals surface area contributed by atoms with Crippen LogP contribution in [0.15, 0.2) is 23.8 Å². The van der Waals surface area contributed by atoms with Gasteiger partial charge >= 0.3 is 6.18 Å². The SMILES string of the molecule is FC(F)(F)C1=CC(Br)CC=C1. The van der Waals surface area contributed by atoms with E-state index in [4.69, 9.17) is 0 Å². The number of halogens is 4. The third-order valence-electron chi connectivity index (χ3n) is 1.35. The minimum atomic E-state index is -4.21. The van der Waals surface area contributed by atoms with Gasteiger partial charge in [-0.3, -0.25) is 0 Å². The van der Waals surface area contributed by atoms with Gasteiger partial charge in [0.15, 0.2) is 0 Å². The van der Waals surface area contributed by atoms with Crippen molar-refractivity contribution < 1.29 is 13.2 Å². The first-order valence-electron chi connectivity index (χ1n) is 3.10. The van der Waals surface area contributed by atoms with Gasteiger partial charge in [0.25, 0.3) is 0 Å². The average Bonchev–Trinajstić information content (AvgIpc) is 1.86. The van der Waals surface area contributed by atoms with Gasteiger partial charge in [-0.1, -0.05) is 34.2 Å². The van der Waals surface area contributed by atoms with Crippen LogP contribution < -0.4 is 0 Å². The lowest BCUT2D eigenvalue weighted by molar-refractivity contribution is -0.0885. The van der Waals surface area contributed by atoms with Gasteiger partial charge in [-0.2, -0.15) is 13.2 Å². The zero-order valence-electron chi connectivity index (χ0n) is 5.53. The van der Waals surface area contributed by atoms with E-state index in [-0.39, 0.29) is 4.83 Å². The van der Waals surface area contributed by atoms with Gasteiger partial charge in [0.1, 0.15) is 0 Å². The van der Waals surface area contributed by atoms with Crippen molar-refractivity contribution in [1.29, 1.82) is 0 Å². The van der Waals surface area contributed by atoms with Crippen LogP contribution in [0.25, 0.3) is 0 Å². The molecule has 0 saturated carbocycles. The molecule has 0 saturated heterocycles. The molecule has 0 aliphatic heterocycles. The average molecular weight is 227 g/mol. The van der Waals surface area contributed by atoms with Crippen LogP contribution in [0.2, 0.25) is 0 Å². The van der Waals surface area contributed by atoms with Crippen molar-refractivity contribution in [3.05, 3.63) is 23.8 Å². The first-order valence-corrected chi connectivity index (χ1v) is 4.01. The molecule has 1 aliphatic rings. The van der Waals surface area contributed by atoms with Gasteiger partial charge in [-0.15, -0.1) is 0 Å². The van der Waals surface area contributed by atoms with Crippen molar-refractivity contribution in [3.63, 3.8) is 0 Å². The zero-order chi connectivity index (χ0) is 8.48. The lowest BCUT2D eigenvalue weighted by Gasteiger charge is -2.13. The molecular weight excluding hydrogens is 221 g/mol. The summed E-state index contributed by atoms with van der Waals surface area (Å²) in [5, 5.41) is 0. The third-order valence-corrected chi connectivity index (χ3v) is 1.98. The Bertz CT molecular complexity index is 202. The molecule has 1 atom stereocenters. The highest BCUT2D eigenvalue weighted by Crippen LogP contribution is 2.30. The summed E-state index contributed by atoms with van der Waals surface area (Å²) in [7, 11) is 0. The number of allylic oxidation sites excluding steroid dienone is 4. The topological polar surface area (TPSA) is 0 Å². The van der Waals surface area contributed by atoms with E-state index in [0.29, 0.717) is 6.42 Å². The maximum absolute atomic E-state index is 12.0. The summed E-state index contributed by atoms with van der Waals surface area (Å²) in [4.78, 5) is -0.177. The van der Waals surface area contributed by atoms with Crippen LogP contribution in [0.1, 0.15) is 6.42 Å². The minimum Gasteiger partial charge on any atom is -0.166 e. The molecule has 1 unspecified atom stereocenters. The van der Waals surface area contributed by atoms with Crippen molar-refractivity contribution in [1.82, 2.24) is 0 Å². The normalized spacial score (nSPS) is 25.1. The molecule has 0 nitrogen and oxygen atoms in total. The van der Waals surface area contributed by atoms with Crippen LogP contribution in [0.4, 0.5) is 13.2 Å². The smallest absolute Gasteiger partial charge is 0.166 e. The Labute approximate surface area is 70.9 Å². The second kappa shape index (κ2) is 3.01. The molecule has 1 rings (SSSR count). The predicted molar refractivity (Wildman–Crippen MR) is 40.6 cm³/mol. The molecule has 0 bridgehead atoms. The van der Waals surface area contributed by atoms with Gasteiger partial charge < -0.3 is 0 Å². The van der Waals surface area contributed by atoms with E-state index in [9.17, 15) is 13.2 Å². The quantitative estimate of drug-likeness (QED) is 0.557. The number of hydrogen-bond donors (Lipinski definition) is 0. The second-order valence-electron chi connectivity index (χ2n) is 2.27. The molecule has 4 heteroatoms. The summed E-state index contributed by atoms with van der Waals surface area (Å²) in [6.45, 7) is 0. The number of rotatable bonds is 0. The van der Waals surface area contributed by atoms with Gasteiger partial charge in [0, 0.05) is 4.83 Å². The molecule has 0 aromatic rings. The summed E-state index contributed by atoms with van der Waals surface area (Å²) >= 11 is 3.09. The summed E-state index contributed by atoms with van der Waals surface area (Å²) in [6, 6.07) is 0. The lowest BCUT2D eigenvalue weighted by atomic mass is 10.1. The zero-order valence-corrected chi connectivity index (χ0v) is 7.11. The van der Waals surface area contributed by atoms with Crippen LogP contribution in [-0.4, -0.2) is 11.0 Å². The Hall–Kier alpha value is -0.250. The summed E-state index contributed by atoms with van der Waals surface area (Å²) in [5.41, 5.74) is -0.564. The molecule has 0 radical (unpaired) electrons. The minimum absolute atomic E-state index is 0.177. The molecule has 62 valence electrons. The first kappa shape index (κ1) is 8.84. The summed E-state index contributed by atoms with van der Waals surface area (Å²) < 4.78 is 35.9. The van der Waals surface area contributed by atoms with E-state index in [2.05, 4.69) is 15.9 Å². The highest BCUT2D eigenvalue weighted by atomic mass is 79.9. The van der Waals surface area contributed by atoms with Gasteiger partial charge in [0.2, 0.25) is 0 Å². The molecule has 0 heterocycles. The Balaban J connectivity index is 2.80. The Morgan fingerprint density at radius 1 is 1.45 bits per heavy atom.